The molecule has 2 N–H and O–H groups in total. The van der Waals surface area contributed by atoms with Crippen molar-refractivity contribution in [3.63, 3.8) is 0 Å². The number of halogens is 1. The lowest BCUT2D eigenvalue weighted by Crippen LogP contribution is -2.57. The molecule has 4 aliphatic rings. The maximum absolute atomic E-state index is 17.4. The van der Waals surface area contributed by atoms with E-state index < -0.39 is 11.4 Å². The van der Waals surface area contributed by atoms with Crippen LogP contribution in [0.5, 0.6) is 17.6 Å². The van der Waals surface area contributed by atoms with E-state index in [1.54, 1.807) is 19.1 Å². The molecule has 1 saturated carbocycles. The number of fused-ring (bicyclic) bond motifs is 3. The number of aromatic hydroxyl groups is 1. The minimum Gasteiger partial charge on any atom is -0.508 e. The normalized spacial score (nSPS) is 29.4. The number of aryl methyl sites for hydroxylation is 1. The van der Waals surface area contributed by atoms with E-state index in [0.717, 1.165) is 67.8 Å². The van der Waals surface area contributed by atoms with E-state index in [9.17, 15) is 10.2 Å². The van der Waals surface area contributed by atoms with Gasteiger partial charge in [0.2, 0.25) is 5.88 Å². The van der Waals surface area contributed by atoms with Gasteiger partial charge in [0.25, 0.3) is 0 Å². The van der Waals surface area contributed by atoms with Crippen molar-refractivity contribution in [1.29, 1.82) is 0 Å². The van der Waals surface area contributed by atoms with E-state index in [2.05, 4.69) is 18.7 Å². The van der Waals surface area contributed by atoms with Gasteiger partial charge in [-0.2, -0.15) is 9.97 Å². The topological polar surface area (TPSA) is 123 Å². The van der Waals surface area contributed by atoms with Gasteiger partial charge in [0, 0.05) is 29.6 Å². The Bertz CT molecular complexity index is 2020. The van der Waals surface area contributed by atoms with Crippen molar-refractivity contribution in [2.24, 2.45) is 5.41 Å². The average Bonchev–Trinajstić information content (AvgIpc) is 3.50. The molecule has 11 nitrogen and oxygen atoms in total. The first-order valence-electron chi connectivity index (χ1n) is 19.8. The molecule has 0 amide bonds. The first-order valence-corrected chi connectivity index (χ1v) is 19.8. The zero-order valence-electron chi connectivity index (χ0n) is 32.2. The lowest BCUT2D eigenvalue weighted by Gasteiger charge is -2.51. The molecule has 1 unspecified atom stereocenters. The number of ether oxygens (including phenoxy) is 4. The number of hydrogen-bond donors (Lipinski definition) is 2. The van der Waals surface area contributed by atoms with Gasteiger partial charge < -0.3 is 34.1 Å². The molecule has 3 saturated heterocycles. The molecule has 0 radical (unpaired) electrons. The zero-order valence-corrected chi connectivity index (χ0v) is 32.2. The number of β-amino-alcohol motifs (C(OH)–C–C–N with tert-alkyl or cyclic N) is 1. The highest BCUT2D eigenvalue weighted by Crippen LogP contribution is 2.50. The Labute approximate surface area is 316 Å². The Balaban J connectivity index is 1.24. The Morgan fingerprint density at radius 3 is 2.61 bits per heavy atom. The number of hydrogen-bond acceptors (Lipinski definition) is 11. The van der Waals surface area contributed by atoms with E-state index >= 15 is 4.39 Å². The monoisotopic (exact) mass is 743 g/mol. The molecule has 6 atom stereocenters. The number of aromatic nitrogens is 3. The van der Waals surface area contributed by atoms with Gasteiger partial charge in [0.1, 0.15) is 33.8 Å². The first-order chi connectivity index (χ1) is 26.0. The number of phenolic OH excluding ortho intramolecular Hbond substituents is 1. The summed E-state index contributed by atoms with van der Waals surface area (Å²) in [5, 5.41) is 23.9. The number of anilines is 1. The molecule has 0 bridgehead atoms. The van der Waals surface area contributed by atoms with Gasteiger partial charge in [-0.25, -0.2) is 9.37 Å². The summed E-state index contributed by atoms with van der Waals surface area (Å²) in [5.74, 6) is -0.169. The van der Waals surface area contributed by atoms with Crippen molar-refractivity contribution >= 4 is 27.5 Å². The van der Waals surface area contributed by atoms with E-state index in [1.807, 2.05) is 30.0 Å². The van der Waals surface area contributed by atoms with Crippen LogP contribution in [0.4, 0.5) is 10.2 Å². The maximum Gasteiger partial charge on any atom is 0.319 e. The Morgan fingerprint density at radius 2 is 1.83 bits per heavy atom. The lowest BCUT2D eigenvalue weighted by molar-refractivity contribution is -0.0967. The second-order valence-corrected chi connectivity index (χ2v) is 16.5. The van der Waals surface area contributed by atoms with Crippen LogP contribution in [0.1, 0.15) is 78.2 Å². The number of pyridine rings is 1. The fourth-order valence-corrected chi connectivity index (χ4v) is 10.1. The molecule has 2 aromatic carbocycles. The molecule has 1 aliphatic carbocycles. The molecule has 4 fully saturated rings. The summed E-state index contributed by atoms with van der Waals surface area (Å²) in [4.78, 5) is 19.2. The van der Waals surface area contributed by atoms with Crippen molar-refractivity contribution in [2.75, 3.05) is 51.5 Å². The summed E-state index contributed by atoms with van der Waals surface area (Å²) < 4.78 is 41.9. The van der Waals surface area contributed by atoms with Crippen LogP contribution in [-0.2, 0) is 15.9 Å². The fourth-order valence-electron chi connectivity index (χ4n) is 10.1. The number of rotatable bonds is 8. The van der Waals surface area contributed by atoms with Gasteiger partial charge in [-0.1, -0.05) is 31.5 Å². The summed E-state index contributed by atoms with van der Waals surface area (Å²) in [7, 11) is 1.49. The van der Waals surface area contributed by atoms with Crippen molar-refractivity contribution in [3.05, 3.63) is 41.7 Å². The number of benzene rings is 2. The minimum absolute atomic E-state index is 0.00165. The molecular formula is C42H54FN5O6. The van der Waals surface area contributed by atoms with Gasteiger partial charge in [-0.3, -0.25) is 4.90 Å². The standard InChI is InChI=1S/C42H54FN5O6/c1-6-27-10-7-11-28-20-30(49)21-31(33(27)28)36-35(43)37-34(39(44-36)51-5)38(47-16-17-52-23-41(4,50)22-47)46-40(45-37)53-24-42-13-8-12-32(42)48(15-9-14-42)29-18-25(2)54-26(3)19-29/h7,10-11,20-21,25-26,29,32,49-50H,6,8-9,12-19,22-24H2,1-5H3/t25-,26+,29?,32-,41+,42-/m1/s1. The predicted molar refractivity (Wildman–Crippen MR) is 206 cm³/mol. The number of phenols is 1. The third kappa shape index (κ3) is 6.84. The van der Waals surface area contributed by atoms with Crippen LogP contribution in [-0.4, -0.2) is 107 Å². The summed E-state index contributed by atoms with van der Waals surface area (Å²) in [6.45, 7) is 10.7. The van der Waals surface area contributed by atoms with Crippen LogP contribution < -0.4 is 14.4 Å². The zero-order chi connectivity index (χ0) is 37.8. The molecule has 3 aliphatic heterocycles. The second-order valence-electron chi connectivity index (χ2n) is 16.5. The molecule has 12 heteroatoms. The number of nitrogens with zero attached hydrogens (tertiary/aromatic N) is 5. The molecular weight excluding hydrogens is 689 g/mol. The summed E-state index contributed by atoms with van der Waals surface area (Å²) in [6.07, 6.45) is 8.68. The summed E-state index contributed by atoms with van der Waals surface area (Å²) >= 11 is 0. The molecule has 0 spiro atoms. The maximum atomic E-state index is 17.4. The largest absolute Gasteiger partial charge is 0.508 e. The van der Waals surface area contributed by atoms with Gasteiger partial charge in [-0.15, -0.1) is 0 Å². The van der Waals surface area contributed by atoms with E-state index in [-0.39, 0.29) is 65.0 Å². The average molecular weight is 744 g/mol. The number of piperidine rings is 1. The highest BCUT2D eigenvalue weighted by atomic mass is 19.1. The number of likely N-dealkylation sites (tertiary alicyclic amines) is 1. The molecule has 5 heterocycles. The van der Waals surface area contributed by atoms with E-state index in [1.165, 1.54) is 7.11 Å². The third-order valence-electron chi connectivity index (χ3n) is 12.3. The van der Waals surface area contributed by atoms with Crippen LogP contribution in [0.2, 0.25) is 0 Å². The van der Waals surface area contributed by atoms with E-state index in [4.69, 9.17) is 33.9 Å². The fraction of sp³-hybridized carbons (Fsp3) is 0.595. The van der Waals surface area contributed by atoms with Gasteiger partial charge in [0.15, 0.2) is 5.82 Å². The highest BCUT2D eigenvalue weighted by molar-refractivity contribution is 6.03. The molecule has 4 aromatic rings. The van der Waals surface area contributed by atoms with Gasteiger partial charge in [0.05, 0.1) is 45.7 Å². The van der Waals surface area contributed by atoms with Crippen molar-refractivity contribution in [2.45, 2.75) is 109 Å². The Kier molecular flexibility index (Phi) is 10.1. The van der Waals surface area contributed by atoms with Crippen LogP contribution >= 0.6 is 0 Å². The van der Waals surface area contributed by atoms with Gasteiger partial charge >= 0.3 is 6.01 Å². The van der Waals surface area contributed by atoms with Crippen molar-refractivity contribution in [3.8, 4) is 28.9 Å². The molecule has 2 aromatic heterocycles. The van der Waals surface area contributed by atoms with Crippen LogP contribution in [0, 0.1) is 11.2 Å². The number of aliphatic hydroxyl groups is 1. The lowest BCUT2D eigenvalue weighted by atomic mass is 9.74. The first kappa shape index (κ1) is 37.1. The smallest absolute Gasteiger partial charge is 0.319 e. The highest BCUT2D eigenvalue weighted by Gasteiger charge is 2.51. The van der Waals surface area contributed by atoms with Crippen molar-refractivity contribution < 1.29 is 33.6 Å². The molecule has 290 valence electrons. The van der Waals surface area contributed by atoms with Gasteiger partial charge in [-0.05, 0) is 101 Å². The summed E-state index contributed by atoms with van der Waals surface area (Å²) in [5.41, 5.74) is 0.201. The molecule has 8 rings (SSSR count). The minimum atomic E-state index is -1.19. The van der Waals surface area contributed by atoms with Crippen LogP contribution in [0.3, 0.4) is 0 Å². The molecule has 54 heavy (non-hydrogen) atoms. The SMILES string of the molecule is CCc1cccc2cc(O)cc(-c3nc(OC)c4c(N5CCOC[C@@](C)(O)C5)nc(OC[C@]56CCC[C@H]5N(C5C[C@@H](C)O[C@@H](C)C5)CCC6)nc4c3F)c12. The Morgan fingerprint density at radius 1 is 1.04 bits per heavy atom. The third-order valence-corrected chi connectivity index (χ3v) is 12.3. The Hall–Kier alpha value is -3.84. The van der Waals surface area contributed by atoms with Crippen LogP contribution in [0.15, 0.2) is 30.3 Å². The summed E-state index contributed by atoms with van der Waals surface area (Å²) in [6, 6.07) is 9.99. The predicted octanol–water partition coefficient (Wildman–Crippen LogP) is 6.82. The van der Waals surface area contributed by atoms with Crippen molar-refractivity contribution in [1.82, 2.24) is 19.9 Å². The quantitative estimate of drug-likeness (QED) is 0.198. The van der Waals surface area contributed by atoms with Crippen LogP contribution in [0.25, 0.3) is 32.9 Å². The second kappa shape index (κ2) is 14.7. The number of methoxy groups -OCH3 is 1. The van der Waals surface area contributed by atoms with E-state index in [0.29, 0.717) is 49.6 Å².